The first-order valence-electron chi connectivity index (χ1n) is 7.18. The highest BCUT2D eigenvalue weighted by atomic mass is 32.1. The first kappa shape index (κ1) is 15.8. The van der Waals surface area contributed by atoms with Crippen LogP contribution in [0.2, 0.25) is 0 Å². The van der Waals surface area contributed by atoms with E-state index in [2.05, 4.69) is 12.2 Å². The standard InChI is InChI=1S/C16H22N2O2S/c1-5-17-10-14-11(3)18-16(21-14)12-8-7-9-13(19-4)15(12)20-6-2/h7-9,17H,5-6,10H2,1-4H3. The molecule has 4 nitrogen and oxygen atoms in total. The molecule has 0 saturated heterocycles. The molecule has 0 atom stereocenters. The van der Waals surface area contributed by atoms with E-state index in [-0.39, 0.29) is 0 Å². The number of methoxy groups -OCH3 is 1. The molecule has 5 heteroatoms. The summed E-state index contributed by atoms with van der Waals surface area (Å²) in [7, 11) is 1.66. The topological polar surface area (TPSA) is 43.4 Å². The van der Waals surface area contributed by atoms with Gasteiger partial charge in [0.15, 0.2) is 11.5 Å². The van der Waals surface area contributed by atoms with Crippen LogP contribution in [0, 0.1) is 6.92 Å². The van der Waals surface area contributed by atoms with Gasteiger partial charge in [-0.2, -0.15) is 0 Å². The molecule has 0 aliphatic rings. The van der Waals surface area contributed by atoms with Crippen molar-refractivity contribution in [3.63, 3.8) is 0 Å². The second-order valence-electron chi connectivity index (χ2n) is 4.58. The predicted molar refractivity (Wildman–Crippen MR) is 87.4 cm³/mol. The van der Waals surface area contributed by atoms with Gasteiger partial charge in [-0.05, 0) is 32.5 Å². The van der Waals surface area contributed by atoms with E-state index in [0.29, 0.717) is 6.61 Å². The normalized spacial score (nSPS) is 10.7. The number of nitrogens with one attached hydrogen (secondary N) is 1. The maximum absolute atomic E-state index is 5.77. The van der Waals surface area contributed by atoms with Crippen LogP contribution >= 0.6 is 11.3 Å². The largest absolute Gasteiger partial charge is 0.493 e. The van der Waals surface area contributed by atoms with E-state index in [1.54, 1.807) is 18.4 Å². The highest BCUT2D eigenvalue weighted by molar-refractivity contribution is 7.15. The number of thiazole rings is 1. The van der Waals surface area contributed by atoms with Crippen LogP contribution in [0.15, 0.2) is 18.2 Å². The number of ether oxygens (including phenoxy) is 2. The molecule has 1 heterocycles. The Kier molecular flexibility index (Phi) is 5.59. The third-order valence-corrected chi connectivity index (χ3v) is 4.34. The molecule has 2 rings (SSSR count). The SMILES string of the molecule is CCNCc1sc(-c2cccc(OC)c2OCC)nc1C. The molecule has 0 aliphatic heterocycles. The minimum atomic E-state index is 0.599. The summed E-state index contributed by atoms with van der Waals surface area (Å²) in [6.45, 7) is 8.53. The van der Waals surface area contributed by atoms with Crippen LogP contribution in [0.1, 0.15) is 24.4 Å². The summed E-state index contributed by atoms with van der Waals surface area (Å²) in [6.07, 6.45) is 0. The van der Waals surface area contributed by atoms with Crippen molar-refractivity contribution in [3.8, 4) is 22.1 Å². The predicted octanol–water partition coefficient (Wildman–Crippen LogP) is 3.64. The van der Waals surface area contributed by atoms with Gasteiger partial charge < -0.3 is 14.8 Å². The fourth-order valence-corrected chi connectivity index (χ4v) is 3.14. The fraction of sp³-hybridized carbons (Fsp3) is 0.438. The minimum Gasteiger partial charge on any atom is -0.493 e. The molecule has 0 spiro atoms. The molecule has 0 saturated carbocycles. The van der Waals surface area contributed by atoms with Crippen molar-refractivity contribution in [2.75, 3.05) is 20.3 Å². The summed E-state index contributed by atoms with van der Waals surface area (Å²) in [4.78, 5) is 5.96. The van der Waals surface area contributed by atoms with Crippen molar-refractivity contribution in [3.05, 3.63) is 28.8 Å². The van der Waals surface area contributed by atoms with Crippen LogP contribution in [0.3, 0.4) is 0 Å². The lowest BCUT2D eigenvalue weighted by Gasteiger charge is -2.12. The Hall–Kier alpha value is -1.59. The maximum atomic E-state index is 5.77. The number of aryl methyl sites for hydroxylation is 1. The zero-order valence-electron chi connectivity index (χ0n) is 13.0. The third-order valence-electron chi connectivity index (χ3n) is 3.15. The van der Waals surface area contributed by atoms with Gasteiger partial charge in [-0.3, -0.25) is 0 Å². The molecule has 0 bridgehead atoms. The number of hydrogen-bond acceptors (Lipinski definition) is 5. The number of para-hydroxylation sites is 1. The number of hydrogen-bond donors (Lipinski definition) is 1. The number of nitrogens with zero attached hydrogens (tertiary/aromatic N) is 1. The number of aromatic nitrogens is 1. The molecule has 0 radical (unpaired) electrons. The molecule has 0 fully saturated rings. The smallest absolute Gasteiger partial charge is 0.171 e. The number of rotatable bonds is 7. The molecule has 1 aromatic carbocycles. The Morgan fingerprint density at radius 2 is 2.10 bits per heavy atom. The van der Waals surface area contributed by atoms with Gasteiger partial charge in [0.1, 0.15) is 5.01 Å². The van der Waals surface area contributed by atoms with Gasteiger partial charge >= 0.3 is 0 Å². The number of benzene rings is 1. The first-order chi connectivity index (χ1) is 10.2. The average Bonchev–Trinajstić information content (AvgIpc) is 2.86. The van der Waals surface area contributed by atoms with Gasteiger partial charge in [-0.15, -0.1) is 11.3 Å². The van der Waals surface area contributed by atoms with Crippen molar-refractivity contribution in [2.45, 2.75) is 27.3 Å². The summed E-state index contributed by atoms with van der Waals surface area (Å²) >= 11 is 1.70. The van der Waals surface area contributed by atoms with Crippen molar-refractivity contribution in [2.24, 2.45) is 0 Å². The van der Waals surface area contributed by atoms with Crippen LogP contribution in [-0.2, 0) is 6.54 Å². The quantitative estimate of drug-likeness (QED) is 0.848. The Labute approximate surface area is 130 Å². The van der Waals surface area contributed by atoms with Crippen LogP contribution in [-0.4, -0.2) is 25.2 Å². The van der Waals surface area contributed by atoms with Gasteiger partial charge in [0.2, 0.25) is 0 Å². The van der Waals surface area contributed by atoms with Gasteiger partial charge in [0.25, 0.3) is 0 Å². The molecule has 114 valence electrons. The van der Waals surface area contributed by atoms with E-state index in [4.69, 9.17) is 14.5 Å². The molecule has 21 heavy (non-hydrogen) atoms. The molecule has 0 unspecified atom stereocenters. The molecular formula is C16H22N2O2S. The van der Waals surface area contributed by atoms with Crippen LogP contribution in [0.25, 0.3) is 10.6 Å². The maximum Gasteiger partial charge on any atom is 0.171 e. The average molecular weight is 306 g/mol. The van der Waals surface area contributed by atoms with Crippen molar-refractivity contribution < 1.29 is 9.47 Å². The molecule has 2 aromatic rings. The van der Waals surface area contributed by atoms with E-state index < -0.39 is 0 Å². The van der Waals surface area contributed by atoms with Gasteiger partial charge in [0.05, 0.1) is 25.0 Å². The lowest BCUT2D eigenvalue weighted by molar-refractivity contribution is 0.312. The van der Waals surface area contributed by atoms with Crippen molar-refractivity contribution >= 4 is 11.3 Å². The van der Waals surface area contributed by atoms with Gasteiger partial charge in [0, 0.05) is 11.4 Å². The summed E-state index contributed by atoms with van der Waals surface area (Å²) < 4.78 is 11.2. The van der Waals surface area contributed by atoms with E-state index >= 15 is 0 Å². The Balaban J connectivity index is 2.41. The minimum absolute atomic E-state index is 0.599. The lowest BCUT2D eigenvalue weighted by atomic mass is 10.2. The molecular weight excluding hydrogens is 284 g/mol. The first-order valence-corrected chi connectivity index (χ1v) is 8.00. The van der Waals surface area contributed by atoms with Crippen molar-refractivity contribution in [1.82, 2.24) is 10.3 Å². The van der Waals surface area contributed by atoms with Crippen LogP contribution in [0.4, 0.5) is 0 Å². The Bertz CT molecular complexity index is 596. The zero-order chi connectivity index (χ0) is 15.2. The monoisotopic (exact) mass is 306 g/mol. The molecule has 0 aliphatic carbocycles. The van der Waals surface area contributed by atoms with E-state index in [1.807, 2.05) is 32.0 Å². The highest BCUT2D eigenvalue weighted by Gasteiger charge is 2.16. The Morgan fingerprint density at radius 1 is 1.29 bits per heavy atom. The van der Waals surface area contributed by atoms with Crippen molar-refractivity contribution in [1.29, 1.82) is 0 Å². The molecule has 1 aromatic heterocycles. The summed E-state index contributed by atoms with van der Waals surface area (Å²) in [5, 5.41) is 4.32. The summed E-state index contributed by atoms with van der Waals surface area (Å²) in [5.41, 5.74) is 2.06. The third kappa shape index (κ3) is 3.54. The Morgan fingerprint density at radius 3 is 2.76 bits per heavy atom. The second kappa shape index (κ2) is 7.43. The van der Waals surface area contributed by atoms with Gasteiger partial charge in [-0.25, -0.2) is 4.98 Å². The van der Waals surface area contributed by atoms with Gasteiger partial charge in [-0.1, -0.05) is 13.0 Å². The van der Waals surface area contributed by atoms with Crippen LogP contribution in [0.5, 0.6) is 11.5 Å². The second-order valence-corrected chi connectivity index (χ2v) is 5.66. The lowest BCUT2D eigenvalue weighted by Crippen LogP contribution is -2.11. The summed E-state index contributed by atoms with van der Waals surface area (Å²) in [6, 6.07) is 5.91. The van der Waals surface area contributed by atoms with E-state index in [1.165, 1.54) is 4.88 Å². The zero-order valence-corrected chi connectivity index (χ0v) is 13.8. The van der Waals surface area contributed by atoms with E-state index in [0.717, 1.165) is 40.9 Å². The highest BCUT2D eigenvalue weighted by Crippen LogP contribution is 2.40. The molecule has 0 amide bonds. The fourth-order valence-electron chi connectivity index (χ4n) is 2.08. The molecule has 1 N–H and O–H groups in total. The van der Waals surface area contributed by atoms with Crippen LogP contribution < -0.4 is 14.8 Å². The summed E-state index contributed by atoms with van der Waals surface area (Å²) in [5.74, 6) is 1.52. The van der Waals surface area contributed by atoms with E-state index in [9.17, 15) is 0 Å².